The minimum atomic E-state index is -6.89. The van der Waals surface area contributed by atoms with Crippen molar-refractivity contribution >= 4 is 23.2 Å². The summed E-state index contributed by atoms with van der Waals surface area (Å²) in [5.74, 6) is -13.6. The van der Waals surface area contributed by atoms with E-state index in [4.69, 9.17) is 23.2 Å². The van der Waals surface area contributed by atoms with Gasteiger partial charge >= 0.3 is 24.1 Å². The van der Waals surface area contributed by atoms with E-state index in [0.717, 1.165) is 0 Å². The molecule has 0 atom stereocenters. The maximum atomic E-state index is 12.1. The molecule has 0 aromatic rings. The van der Waals surface area contributed by atoms with Gasteiger partial charge in [-0.15, -0.1) is 0 Å². The molecule has 0 fully saturated rings. The highest BCUT2D eigenvalue weighted by atomic mass is 35.5. The highest BCUT2D eigenvalue weighted by Crippen LogP contribution is 2.53. The second-order valence-electron chi connectivity index (χ2n) is 2.62. The van der Waals surface area contributed by atoms with Gasteiger partial charge in [0.25, 0.3) is 0 Å². The summed E-state index contributed by atoms with van der Waals surface area (Å²) in [6.45, 7) is 0. The molecule has 1 nitrogen and oxygen atoms in total. The van der Waals surface area contributed by atoms with Crippen LogP contribution in [0.2, 0.25) is 0 Å². The maximum absolute atomic E-state index is 12.1. The van der Waals surface area contributed by atoms with Crippen molar-refractivity contribution in [1.82, 2.24) is 0 Å². The van der Waals surface area contributed by atoms with Crippen LogP contribution in [-0.2, 0) is 4.74 Å². The molecule has 116 valence electrons. The highest BCUT2D eigenvalue weighted by Gasteiger charge is 2.82. The quantitative estimate of drug-likeness (QED) is 0.654. The Hall–Kier alpha value is -0.350. The van der Waals surface area contributed by atoms with Crippen molar-refractivity contribution in [3.8, 4) is 0 Å². The number of hydrogen-bond acceptors (Lipinski definition) is 1. The second-order valence-corrected chi connectivity index (χ2v) is 3.12. The molecule has 0 N–H and O–H groups in total. The van der Waals surface area contributed by atoms with Gasteiger partial charge in [-0.25, -0.2) is 0 Å². The van der Waals surface area contributed by atoms with Crippen LogP contribution in [0.1, 0.15) is 0 Å². The van der Waals surface area contributed by atoms with Crippen LogP contribution in [0.4, 0.5) is 39.5 Å². The van der Waals surface area contributed by atoms with Gasteiger partial charge in [0, 0.05) is 18.2 Å². The zero-order chi connectivity index (χ0) is 16.1. The van der Waals surface area contributed by atoms with Gasteiger partial charge in [-0.1, -0.05) is 23.2 Å². The van der Waals surface area contributed by atoms with Crippen LogP contribution in [0.25, 0.3) is 0 Å². The maximum Gasteiger partial charge on any atom is 0.460 e. The lowest BCUT2D eigenvalue weighted by Crippen LogP contribution is -2.61. The SMILES string of the molecule is COC(F)(F)C(F)(F)C(F)(F)C(F)(F)F.Cl/C=C/Cl. The molecule has 0 bridgehead atoms. The van der Waals surface area contributed by atoms with Crippen LogP contribution in [0, 0.1) is 0 Å². The number of ether oxygens (including phenoxy) is 1. The Morgan fingerprint density at radius 1 is 0.737 bits per heavy atom. The Morgan fingerprint density at radius 2 is 1.05 bits per heavy atom. The largest absolute Gasteiger partial charge is 0.460 e. The van der Waals surface area contributed by atoms with E-state index in [1.165, 1.54) is 11.1 Å². The lowest BCUT2D eigenvalue weighted by molar-refractivity contribution is -0.440. The van der Waals surface area contributed by atoms with E-state index in [1.807, 2.05) is 0 Å². The normalized spacial score (nSPS) is 14.3. The van der Waals surface area contributed by atoms with Crippen molar-refractivity contribution in [2.24, 2.45) is 0 Å². The van der Waals surface area contributed by atoms with E-state index >= 15 is 0 Å². The first kappa shape index (κ1) is 21.0. The smallest absolute Gasteiger partial charge is 0.319 e. The van der Waals surface area contributed by atoms with E-state index in [2.05, 4.69) is 4.74 Å². The summed E-state index contributed by atoms with van der Waals surface area (Å²) in [5.41, 5.74) is 2.48. The average Bonchev–Trinajstić information content (AvgIpc) is 2.27. The van der Waals surface area contributed by atoms with E-state index in [1.54, 1.807) is 0 Å². The third kappa shape index (κ3) is 4.60. The topological polar surface area (TPSA) is 9.23 Å². The van der Waals surface area contributed by atoms with Crippen molar-refractivity contribution < 1.29 is 44.3 Å². The molecule has 0 aliphatic rings. The van der Waals surface area contributed by atoms with Crippen LogP contribution in [0.15, 0.2) is 11.1 Å². The molecule has 0 unspecified atom stereocenters. The summed E-state index contributed by atoms with van der Waals surface area (Å²) in [6, 6.07) is 0. The van der Waals surface area contributed by atoms with Gasteiger partial charge in [0.05, 0.1) is 0 Å². The molecule has 19 heavy (non-hydrogen) atoms. The molecule has 0 heterocycles. The summed E-state index contributed by atoms with van der Waals surface area (Å²) in [7, 11) is -0.125. The summed E-state index contributed by atoms with van der Waals surface area (Å²) in [5, 5.41) is 0. The highest BCUT2D eigenvalue weighted by molar-refractivity contribution is 6.33. The number of hydrogen-bond donors (Lipinski definition) is 0. The van der Waals surface area contributed by atoms with Gasteiger partial charge in [0.15, 0.2) is 0 Å². The van der Waals surface area contributed by atoms with Gasteiger partial charge in [0.2, 0.25) is 0 Å². The summed E-state index contributed by atoms with van der Waals surface area (Å²) < 4.78 is 109. The third-order valence-electron chi connectivity index (χ3n) is 1.42. The summed E-state index contributed by atoms with van der Waals surface area (Å²) in [6.07, 6.45) is -12.7. The molecule has 12 heteroatoms. The van der Waals surface area contributed by atoms with E-state index in [0.29, 0.717) is 0 Å². The minimum Gasteiger partial charge on any atom is -0.319 e. The standard InChI is InChI=1S/C5H3F9O.C2H2Cl2/c1-15-5(13,14)3(8,9)2(6,7)4(10,11)12;3-1-2-4/h1H3;1-2H/b;2-1+. The van der Waals surface area contributed by atoms with Crippen LogP contribution in [0.5, 0.6) is 0 Å². The van der Waals surface area contributed by atoms with Crippen molar-refractivity contribution in [2.45, 2.75) is 24.1 Å². The first-order chi connectivity index (χ1) is 8.22. The molecule has 0 spiro atoms. The summed E-state index contributed by atoms with van der Waals surface area (Å²) in [4.78, 5) is 0. The molecule has 0 rings (SSSR count). The first-order valence-electron chi connectivity index (χ1n) is 3.83. The Bertz CT molecular complexity index is 295. The van der Waals surface area contributed by atoms with Crippen LogP contribution in [0.3, 0.4) is 0 Å². The molecule has 0 aliphatic carbocycles. The molecule has 0 radical (unpaired) electrons. The molecule has 0 amide bonds. The van der Waals surface area contributed by atoms with Crippen molar-refractivity contribution in [3.63, 3.8) is 0 Å². The van der Waals surface area contributed by atoms with Crippen molar-refractivity contribution in [3.05, 3.63) is 11.1 Å². The van der Waals surface area contributed by atoms with Gasteiger partial charge in [0.1, 0.15) is 0 Å². The molecule has 0 aliphatic heterocycles. The predicted octanol–water partition coefficient (Wildman–Crippen LogP) is 4.99. The lowest BCUT2D eigenvalue weighted by Gasteiger charge is -2.32. The third-order valence-corrected chi connectivity index (χ3v) is 1.80. The zero-order valence-electron chi connectivity index (χ0n) is 8.72. The Morgan fingerprint density at radius 3 is 1.21 bits per heavy atom. The molecular weight excluding hydrogens is 342 g/mol. The fourth-order valence-corrected chi connectivity index (χ4v) is 0.489. The number of methoxy groups -OCH3 is 1. The van der Waals surface area contributed by atoms with Crippen molar-refractivity contribution in [1.29, 1.82) is 0 Å². The van der Waals surface area contributed by atoms with E-state index in [-0.39, 0.29) is 7.11 Å². The molecular formula is C7H5Cl2F9O. The predicted molar refractivity (Wildman–Crippen MR) is 48.8 cm³/mol. The lowest BCUT2D eigenvalue weighted by atomic mass is 10.1. The van der Waals surface area contributed by atoms with Gasteiger partial charge < -0.3 is 4.74 Å². The Kier molecular flexibility index (Phi) is 7.60. The van der Waals surface area contributed by atoms with Crippen molar-refractivity contribution in [2.75, 3.05) is 7.11 Å². The van der Waals surface area contributed by atoms with Gasteiger partial charge in [-0.05, 0) is 0 Å². The summed E-state index contributed by atoms with van der Waals surface area (Å²) >= 11 is 9.75. The van der Waals surface area contributed by atoms with E-state index < -0.39 is 24.1 Å². The fourth-order valence-electron chi connectivity index (χ4n) is 0.489. The van der Waals surface area contributed by atoms with Crippen LogP contribution >= 0.6 is 23.2 Å². The molecule has 0 aromatic carbocycles. The zero-order valence-corrected chi connectivity index (χ0v) is 10.2. The molecule has 0 saturated heterocycles. The Labute approximate surface area is 110 Å². The fraction of sp³-hybridized carbons (Fsp3) is 0.714. The van der Waals surface area contributed by atoms with E-state index in [9.17, 15) is 39.5 Å². The first-order valence-corrected chi connectivity index (χ1v) is 4.71. The monoisotopic (exact) mass is 346 g/mol. The second kappa shape index (κ2) is 6.89. The van der Waals surface area contributed by atoms with Crippen LogP contribution in [-0.4, -0.2) is 31.2 Å². The average molecular weight is 347 g/mol. The van der Waals surface area contributed by atoms with Gasteiger partial charge in [-0.2, -0.15) is 39.5 Å². The molecule has 0 aromatic heterocycles. The van der Waals surface area contributed by atoms with Gasteiger partial charge in [-0.3, -0.25) is 0 Å². The minimum absolute atomic E-state index is 0.125. The number of rotatable bonds is 3. The molecule has 0 saturated carbocycles. The number of alkyl halides is 9. The van der Waals surface area contributed by atoms with Crippen LogP contribution < -0.4 is 0 Å². The Balaban J connectivity index is 0. The number of halogens is 11.